The van der Waals surface area contributed by atoms with E-state index in [1.54, 1.807) is 12.4 Å². The van der Waals surface area contributed by atoms with Crippen molar-refractivity contribution < 1.29 is 0 Å². The summed E-state index contributed by atoms with van der Waals surface area (Å²) in [5.41, 5.74) is 14.5. The lowest BCUT2D eigenvalue weighted by molar-refractivity contribution is 0.715. The lowest BCUT2D eigenvalue weighted by Crippen LogP contribution is -2.30. The molecule has 0 N–H and O–H groups in total. The number of pyridine rings is 2. The molecule has 0 bridgehead atoms. The molecule has 7 heteroatoms. The fraction of sp³-hybridized carbons (Fsp3) is 0.105. The molecule has 0 fully saturated rings. The van der Waals surface area contributed by atoms with Crippen LogP contribution in [0.4, 0.5) is 11.4 Å². The Morgan fingerprint density at radius 1 is 0.734 bits per heavy atom. The average molecular weight is 830 g/mol. The maximum Gasteiger partial charge on any atom is 0.176 e. The van der Waals surface area contributed by atoms with Gasteiger partial charge in [-0.15, -0.1) is 0 Å². The molecule has 8 aromatic rings. The first kappa shape index (κ1) is 40.1. The predicted octanol–water partition coefficient (Wildman–Crippen LogP) is 13.3. The van der Waals surface area contributed by atoms with E-state index in [0.717, 1.165) is 34.3 Å². The van der Waals surface area contributed by atoms with E-state index in [2.05, 4.69) is 191 Å². The van der Waals surface area contributed by atoms with Crippen LogP contribution in [0.2, 0.25) is 0 Å². The van der Waals surface area contributed by atoms with E-state index in [-0.39, 0.29) is 12.0 Å². The number of amidine groups is 2. The van der Waals surface area contributed by atoms with E-state index in [9.17, 15) is 0 Å². The van der Waals surface area contributed by atoms with Crippen LogP contribution in [0.3, 0.4) is 0 Å². The Balaban J connectivity index is 1.02. The number of aromatic nitrogens is 3. The van der Waals surface area contributed by atoms with Crippen LogP contribution in [0, 0.1) is 0 Å². The minimum Gasteiger partial charge on any atom is -0.333 e. The second kappa shape index (κ2) is 17.8. The summed E-state index contributed by atoms with van der Waals surface area (Å²) in [6, 6.07) is 55.1. The molecule has 1 aliphatic heterocycles. The lowest BCUT2D eigenvalue weighted by atomic mass is 9.81. The summed E-state index contributed by atoms with van der Waals surface area (Å²) < 4.78 is 2.44. The highest BCUT2D eigenvalue weighted by Gasteiger charge is 2.40. The normalized spacial score (nSPS) is 16.5. The van der Waals surface area contributed by atoms with E-state index >= 15 is 0 Å². The molecule has 0 amide bonds. The van der Waals surface area contributed by atoms with Crippen molar-refractivity contribution in [3.63, 3.8) is 0 Å². The van der Waals surface area contributed by atoms with Crippen LogP contribution < -0.4 is 4.90 Å². The van der Waals surface area contributed by atoms with Crippen molar-refractivity contribution in [2.45, 2.75) is 38.8 Å². The molecule has 2 aliphatic rings. The Kier molecular flexibility index (Phi) is 11.1. The molecule has 7 nitrogen and oxygen atoms in total. The summed E-state index contributed by atoms with van der Waals surface area (Å²) in [6.45, 7) is 8.80. The van der Waals surface area contributed by atoms with Gasteiger partial charge in [0.25, 0.3) is 0 Å². The van der Waals surface area contributed by atoms with E-state index in [1.807, 2.05) is 42.5 Å². The van der Waals surface area contributed by atoms with Gasteiger partial charge in [0.15, 0.2) is 11.7 Å². The van der Waals surface area contributed by atoms with E-state index in [1.165, 1.54) is 50.1 Å². The third-order valence-corrected chi connectivity index (χ3v) is 12.3. The largest absolute Gasteiger partial charge is 0.333 e. The fourth-order valence-corrected chi connectivity index (χ4v) is 9.34. The second-order valence-corrected chi connectivity index (χ2v) is 16.0. The van der Waals surface area contributed by atoms with Crippen LogP contribution in [-0.2, 0) is 6.54 Å². The van der Waals surface area contributed by atoms with Gasteiger partial charge >= 0.3 is 0 Å². The number of allylic oxidation sites excluding steroid dienone is 6. The minimum atomic E-state index is 0.199. The van der Waals surface area contributed by atoms with Crippen molar-refractivity contribution in [1.82, 2.24) is 14.5 Å². The Hall–Kier alpha value is -8.03. The molecule has 1 aliphatic carbocycles. The number of rotatable bonds is 10. The molecule has 4 heterocycles. The van der Waals surface area contributed by atoms with Gasteiger partial charge in [0.05, 0.1) is 29.3 Å². The topological polar surface area (TPSA) is 71.0 Å². The molecule has 2 unspecified atom stereocenters. The van der Waals surface area contributed by atoms with Crippen LogP contribution in [0.15, 0.2) is 227 Å². The highest BCUT2D eigenvalue weighted by Crippen LogP contribution is 2.51. The van der Waals surface area contributed by atoms with Crippen molar-refractivity contribution in [2.75, 3.05) is 4.90 Å². The van der Waals surface area contributed by atoms with Crippen molar-refractivity contribution in [1.29, 1.82) is 0 Å². The molecule has 5 aromatic carbocycles. The number of fused-ring (bicyclic) bond motifs is 6. The van der Waals surface area contributed by atoms with Gasteiger partial charge < -0.3 is 9.47 Å². The molecule has 0 radical (unpaired) electrons. The highest BCUT2D eigenvalue weighted by atomic mass is 15.2. The highest BCUT2D eigenvalue weighted by molar-refractivity contribution is 6.17. The van der Waals surface area contributed by atoms with Gasteiger partial charge in [0.2, 0.25) is 0 Å². The molecular formula is C57H47N7. The number of nitrogens with zero attached hydrogens (tertiary/aromatic N) is 7. The summed E-state index contributed by atoms with van der Waals surface area (Å²) in [6.07, 6.45) is 15.9. The standard InChI is InChI=1S/C57H47N7/c1-4-43(34-33-39(2)45-26-17-31-52-54(45)47-24-8-11-30-51(47)64(52)44-22-6-5-7-23-44)63-50-29-10-9-25-48(50)55-46(27-18-32-53(55)63)40-19-16-20-41(37-40)56(58-3)62-57(49-28-13-15-36-60-49)61-38-42-21-12-14-35-59-42/h5-37,52,54H,3-4,38H2,1-2H3/b39-33+,43-34+,61-57-,62-56-. The zero-order valence-corrected chi connectivity index (χ0v) is 36.0. The zero-order chi connectivity index (χ0) is 43.4. The number of hydrogen-bond acceptors (Lipinski definition) is 4. The number of hydrogen-bond donors (Lipinski definition) is 0. The Bertz CT molecular complexity index is 3210. The number of para-hydroxylation sites is 3. The predicted molar refractivity (Wildman–Crippen MR) is 267 cm³/mol. The first-order valence-corrected chi connectivity index (χ1v) is 21.8. The molecule has 0 saturated carbocycles. The summed E-state index contributed by atoms with van der Waals surface area (Å²) in [7, 11) is 0. The summed E-state index contributed by atoms with van der Waals surface area (Å²) in [4.78, 5) is 25.8. The van der Waals surface area contributed by atoms with E-state index in [0.29, 0.717) is 23.9 Å². The fourth-order valence-electron chi connectivity index (χ4n) is 9.34. The molecule has 310 valence electrons. The molecule has 0 saturated heterocycles. The molecule has 2 atom stereocenters. The maximum absolute atomic E-state index is 4.97. The monoisotopic (exact) mass is 829 g/mol. The van der Waals surface area contributed by atoms with Crippen LogP contribution in [0.5, 0.6) is 0 Å². The smallest absolute Gasteiger partial charge is 0.176 e. The molecule has 64 heavy (non-hydrogen) atoms. The quantitative estimate of drug-likeness (QED) is 0.0783. The van der Waals surface area contributed by atoms with Crippen molar-refractivity contribution in [3.8, 4) is 11.1 Å². The molecule has 0 spiro atoms. The van der Waals surface area contributed by atoms with E-state index < -0.39 is 0 Å². The lowest BCUT2D eigenvalue weighted by Gasteiger charge is -2.31. The van der Waals surface area contributed by atoms with Crippen molar-refractivity contribution in [3.05, 3.63) is 234 Å². The van der Waals surface area contributed by atoms with Gasteiger partial charge in [0, 0.05) is 51.7 Å². The molecule has 10 rings (SSSR count). The summed E-state index contributed by atoms with van der Waals surface area (Å²) in [5.74, 6) is 1.15. The van der Waals surface area contributed by atoms with Crippen LogP contribution >= 0.6 is 0 Å². The van der Waals surface area contributed by atoms with Crippen LogP contribution in [0.1, 0.15) is 48.7 Å². The number of anilines is 2. The average Bonchev–Trinajstić information content (AvgIpc) is 3.88. The second-order valence-electron chi connectivity index (χ2n) is 16.0. The van der Waals surface area contributed by atoms with Gasteiger partial charge in [-0.25, -0.2) is 9.98 Å². The first-order valence-electron chi connectivity index (χ1n) is 21.8. The summed E-state index contributed by atoms with van der Waals surface area (Å²) in [5, 5.41) is 2.39. The third kappa shape index (κ3) is 7.51. The molecule has 3 aromatic heterocycles. The summed E-state index contributed by atoms with van der Waals surface area (Å²) >= 11 is 0. The first-order chi connectivity index (χ1) is 31.6. The van der Waals surface area contributed by atoms with Gasteiger partial charge in [-0.2, -0.15) is 0 Å². The Morgan fingerprint density at radius 2 is 1.50 bits per heavy atom. The third-order valence-electron chi connectivity index (χ3n) is 12.3. The van der Waals surface area contributed by atoms with Gasteiger partial charge in [0.1, 0.15) is 5.69 Å². The number of benzene rings is 5. The zero-order valence-electron chi connectivity index (χ0n) is 36.0. The van der Waals surface area contributed by atoms with E-state index in [4.69, 9.17) is 9.98 Å². The van der Waals surface area contributed by atoms with Gasteiger partial charge in [-0.05, 0) is 115 Å². The van der Waals surface area contributed by atoms with Gasteiger partial charge in [-0.1, -0.05) is 128 Å². The van der Waals surface area contributed by atoms with Crippen LogP contribution in [-0.4, -0.2) is 39.0 Å². The minimum absolute atomic E-state index is 0.199. The SMILES string of the molecule is C=N/C(=N\C(=N/Cc1ccccn1)c1ccccn1)c1cccc(-c2cccc3c2c2ccccc2n3/C(=C/C=C(\C)C2=CC=CC3C2c2ccccc2N3c2ccccc2)CC)c1. The van der Waals surface area contributed by atoms with Crippen molar-refractivity contribution in [2.24, 2.45) is 15.0 Å². The van der Waals surface area contributed by atoms with Crippen molar-refractivity contribution >= 4 is 57.3 Å². The van der Waals surface area contributed by atoms with Crippen LogP contribution in [0.25, 0.3) is 38.6 Å². The Morgan fingerprint density at radius 3 is 2.31 bits per heavy atom. The van der Waals surface area contributed by atoms with Gasteiger partial charge in [-0.3, -0.25) is 15.0 Å². The molecular weight excluding hydrogens is 783 g/mol. The number of aliphatic imine (C=N–C) groups is 3. The maximum atomic E-state index is 4.97. The Labute approximate surface area is 374 Å².